The maximum atomic E-state index is 12.1. The van der Waals surface area contributed by atoms with Gasteiger partial charge in [-0.3, -0.25) is 9.69 Å². The summed E-state index contributed by atoms with van der Waals surface area (Å²) in [7, 11) is 3.60. The fraction of sp³-hybridized carbons (Fsp3) is 0.500. The summed E-state index contributed by atoms with van der Waals surface area (Å²) in [6.07, 6.45) is 1.98. The summed E-state index contributed by atoms with van der Waals surface area (Å²) in [5.41, 5.74) is 0.624. The van der Waals surface area contributed by atoms with Crippen LogP contribution in [0.2, 0.25) is 0 Å². The van der Waals surface area contributed by atoms with Crippen LogP contribution in [0, 0.1) is 11.3 Å². The number of nitriles is 1. The predicted molar refractivity (Wildman–Crippen MR) is 79.9 cm³/mol. The lowest BCUT2D eigenvalue weighted by molar-refractivity contribution is -0.133. The Morgan fingerprint density at radius 2 is 2.14 bits per heavy atom. The number of ether oxygens (including phenoxy) is 1. The Morgan fingerprint density at radius 3 is 2.76 bits per heavy atom. The third kappa shape index (κ3) is 3.96. The standard InChI is InChI=1S/C16H21N3O2/c1-18(2)16(20)15-4-3-9-19(15)10-11-21-14-7-5-13(12-17)6-8-14/h5-8,15H,3-4,9-11H2,1-2H3/t15-/m0/s1. The van der Waals surface area contributed by atoms with Gasteiger partial charge >= 0.3 is 0 Å². The summed E-state index contributed by atoms with van der Waals surface area (Å²) in [5.74, 6) is 0.926. The maximum absolute atomic E-state index is 12.1. The molecule has 0 spiro atoms. The molecule has 0 N–H and O–H groups in total. The molecule has 1 aliphatic heterocycles. The van der Waals surface area contributed by atoms with Crippen molar-refractivity contribution in [3.63, 3.8) is 0 Å². The summed E-state index contributed by atoms with van der Waals surface area (Å²) < 4.78 is 5.68. The van der Waals surface area contributed by atoms with Crippen molar-refractivity contribution in [3.8, 4) is 11.8 Å². The first-order valence-electron chi connectivity index (χ1n) is 7.20. The van der Waals surface area contributed by atoms with E-state index in [4.69, 9.17) is 10.00 Å². The van der Waals surface area contributed by atoms with Crippen molar-refractivity contribution < 1.29 is 9.53 Å². The normalized spacial score (nSPS) is 18.2. The molecular weight excluding hydrogens is 266 g/mol. The zero-order valence-corrected chi connectivity index (χ0v) is 12.6. The van der Waals surface area contributed by atoms with Gasteiger partial charge in [-0.1, -0.05) is 0 Å². The van der Waals surface area contributed by atoms with Gasteiger partial charge in [0.1, 0.15) is 12.4 Å². The first-order valence-corrected chi connectivity index (χ1v) is 7.20. The first-order chi connectivity index (χ1) is 10.1. The molecule has 1 amide bonds. The van der Waals surface area contributed by atoms with Crippen molar-refractivity contribution in [2.75, 3.05) is 33.8 Å². The summed E-state index contributed by atoms with van der Waals surface area (Å²) in [6, 6.07) is 9.14. The average molecular weight is 287 g/mol. The second kappa shape index (κ2) is 7.09. The maximum Gasteiger partial charge on any atom is 0.239 e. The number of likely N-dealkylation sites (N-methyl/N-ethyl adjacent to an activating group) is 1. The molecule has 1 saturated heterocycles. The highest BCUT2D eigenvalue weighted by atomic mass is 16.5. The Hall–Kier alpha value is -2.06. The second-order valence-corrected chi connectivity index (χ2v) is 5.41. The van der Waals surface area contributed by atoms with Crippen molar-refractivity contribution in [1.29, 1.82) is 5.26 Å². The minimum atomic E-state index is -0.00966. The Morgan fingerprint density at radius 1 is 1.43 bits per heavy atom. The Balaban J connectivity index is 1.82. The van der Waals surface area contributed by atoms with E-state index in [0.717, 1.165) is 31.7 Å². The number of hydrogen-bond donors (Lipinski definition) is 0. The van der Waals surface area contributed by atoms with Gasteiger partial charge in [-0.25, -0.2) is 0 Å². The molecule has 1 aliphatic rings. The van der Waals surface area contributed by atoms with E-state index in [-0.39, 0.29) is 11.9 Å². The van der Waals surface area contributed by atoms with Crippen LogP contribution < -0.4 is 4.74 Å². The third-order valence-electron chi connectivity index (χ3n) is 3.72. The number of amides is 1. The van der Waals surface area contributed by atoms with Crippen LogP contribution in [0.25, 0.3) is 0 Å². The van der Waals surface area contributed by atoms with E-state index in [0.29, 0.717) is 12.2 Å². The van der Waals surface area contributed by atoms with Crippen LogP contribution in [0.3, 0.4) is 0 Å². The lowest BCUT2D eigenvalue weighted by Crippen LogP contribution is -2.44. The number of hydrogen-bond acceptors (Lipinski definition) is 4. The van der Waals surface area contributed by atoms with Gasteiger partial charge in [-0.15, -0.1) is 0 Å². The minimum absolute atomic E-state index is 0.00966. The van der Waals surface area contributed by atoms with Crippen LogP contribution in [0.15, 0.2) is 24.3 Å². The number of carbonyl (C=O) groups is 1. The van der Waals surface area contributed by atoms with Gasteiger partial charge in [0.25, 0.3) is 0 Å². The smallest absolute Gasteiger partial charge is 0.239 e. The molecule has 0 bridgehead atoms. The van der Waals surface area contributed by atoms with Gasteiger partial charge in [-0.05, 0) is 43.7 Å². The fourth-order valence-electron chi connectivity index (χ4n) is 2.58. The third-order valence-corrected chi connectivity index (χ3v) is 3.72. The molecule has 0 saturated carbocycles. The molecular formula is C16H21N3O2. The Bertz CT molecular complexity index is 519. The number of carbonyl (C=O) groups excluding carboxylic acids is 1. The Kier molecular flexibility index (Phi) is 5.18. The number of benzene rings is 1. The predicted octanol–water partition coefficient (Wildman–Crippen LogP) is 1.49. The molecule has 0 unspecified atom stereocenters. The molecule has 0 aliphatic carbocycles. The van der Waals surface area contributed by atoms with Gasteiger partial charge in [-0.2, -0.15) is 5.26 Å². The molecule has 5 heteroatoms. The van der Waals surface area contributed by atoms with Crippen LogP contribution in [0.4, 0.5) is 0 Å². The average Bonchev–Trinajstić information content (AvgIpc) is 2.95. The summed E-state index contributed by atoms with van der Waals surface area (Å²) in [4.78, 5) is 15.9. The zero-order chi connectivity index (χ0) is 15.2. The molecule has 1 heterocycles. The van der Waals surface area contributed by atoms with Crippen molar-refractivity contribution >= 4 is 5.91 Å². The van der Waals surface area contributed by atoms with Gasteiger partial charge in [0.2, 0.25) is 5.91 Å². The van der Waals surface area contributed by atoms with Gasteiger partial charge in [0.05, 0.1) is 17.7 Å². The topological polar surface area (TPSA) is 56.6 Å². The lowest BCUT2D eigenvalue weighted by atomic mass is 10.2. The molecule has 1 fully saturated rings. The SMILES string of the molecule is CN(C)C(=O)[C@@H]1CCCN1CCOc1ccc(C#N)cc1. The lowest BCUT2D eigenvalue weighted by Gasteiger charge is -2.25. The fourth-order valence-corrected chi connectivity index (χ4v) is 2.58. The quantitative estimate of drug-likeness (QED) is 0.823. The van der Waals surface area contributed by atoms with E-state index < -0.39 is 0 Å². The van der Waals surface area contributed by atoms with Crippen LogP contribution in [0.5, 0.6) is 5.75 Å². The van der Waals surface area contributed by atoms with Crippen molar-refractivity contribution in [3.05, 3.63) is 29.8 Å². The van der Waals surface area contributed by atoms with Gasteiger partial charge in [0, 0.05) is 20.6 Å². The molecule has 1 aromatic carbocycles. The van der Waals surface area contributed by atoms with E-state index in [1.807, 2.05) is 0 Å². The van der Waals surface area contributed by atoms with Crippen LogP contribution >= 0.6 is 0 Å². The number of likely N-dealkylation sites (tertiary alicyclic amines) is 1. The van der Waals surface area contributed by atoms with E-state index in [1.165, 1.54) is 0 Å². The molecule has 1 aromatic rings. The molecule has 1 atom stereocenters. The monoisotopic (exact) mass is 287 g/mol. The second-order valence-electron chi connectivity index (χ2n) is 5.41. The van der Waals surface area contributed by atoms with E-state index >= 15 is 0 Å². The van der Waals surface area contributed by atoms with E-state index in [1.54, 1.807) is 43.3 Å². The van der Waals surface area contributed by atoms with Gasteiger partial charge < -0.3 is 9.64 Å². The molecule has 0 aromatic heterocycles. The molecule has 0 radical (unpaired) electrons. The highest BCUT2D eigenvalue weighted by molar-refractivity contribution is 5.81. The van der Waals surface area contributed by atoms with Crippen molar-refractivity contribution in [2.45, 2.75) is 18.9 Å². The largest absolute Gasteiger partial charge is 0.492 e. The van der Waals surface area contributed by atoms with E-state index in [9.17, 15) is 4.79 Å². The van der Waals surface area contributed by atoms with E-state index in [2.05, 4.69) is 11.0 Å². The Labute approximate surface area is 125 Å². The number of nitrogens with zero attached hydrogens (tertiary/aromatic N) is 3. The molecule has 21 heavy (non-hydrogen) atoms. The summed E-state index contributed by atoms with van der Waals surface area (Å²) in [5, 5.41) is 8.74. The van der Waals surface area contributed by atoms with Crippen molar-refractivity contribution in [2.24, 2.45) is 0 Å². The van der Waals surface area contributed by atoms with Gasteiger partial charge in [0.15, 0.2) is 0 Å². The highest BCUT2D eigenvalue weighted by Crippen LogP contribution is 2.18. The molecule has 5 nitrogen and oxygen atoms in total. The highest BCUT2D eigenvalue weighted by Gasteiger charge is 2.31. The molecule has 112 valence electrons. The molecule has 2 rings (SSSR count). The van der Waals surface area contributed by atoms with Crippen LogP contribution in [-0.2, 0) is 4.79 Å². The van der Waals surface area contributed by atoms with Crippen LogP contribution in [-0.4, -0.2) is 55.5 Å². The zero-order valence-electron chi connectivity index (χ0n) is 12.6. The summed E-state index contributed by atoms with van der Waals surface area (Å²) >= 11 is 0. The van der Waals surface area contributed by atoms with Crippen molar-refractivity contribution in [1.82, 2.24) is 9.80 Å². The van der Waals surface area contributed by atoms with Crippen LogP contribution in [0.1, 0.15) is 18.4 Å². The first kappa shape index (κ1) is 15.3. The summed E-state index contributed by atoms with van der Waals surface area (Å²) in [6.45, 7) is 2.23. The minimum Gasteiger partial charge on any atom is -0.492 e. The number of rotatable bonds is 5.